The number of nitrogens with one attached hydrogen (secondary N) is 1. The first-order chi connectivity index (χ1) is 7.43. The van der Waals surface area contributed by atoms with Crippen molar-refractivity contribution in [3.05, 3.63) is 35.6 Å². The molecule has 0 aliphatic rings. The molecule has 1 aromatic carbocycles. The van der Waals surface area contributed by atoms with Gasteiger partial charge in [0.05, 0.1) is 5.75 Å². The van der Waals surface area contributed by atoms with E-state index in [1.54, 1.807) is 13.0 Å². The van der Waals surface area contributed by atoms with Crippen LogP contribution in [0.25, 0.3) is 0 Å². The van der Waals surface area contributed by atoms with E-state index < -0.39 is 15.8 Å². The fraction of sp³-hybridized carbons (Fsp3) is 0.455. The summed E-state index contributed by atoms with van der Waals surface area (Å²) in [5, 5.41) is 0. The molecule has 1 rings (SSSR count). The Balaban J connectivity index is 2.73. The molecule has 1 atom stereocenters. The Labute approximate surface area is 95.7 Å². The molecule has 90 valence electrons. The van der Waals surface area contributed by atoms with E-state index in [2.05, 4.69) is 4.72 Å². The normalized spacial score (nSPS) is 13.7. The predicted molar refractivity (Wildman–Crippen MR) is 61.9 cm³/mol. The molecule has 0 radical (unpaired) electrons. The van der Waals surface area contributed by atoms with Crippen LogP contribution in [0.4, 0.5) is 4.39 Å². The third kappa shape index (κ3) is 4.28. The van der Waals surface area contributed by atoms with Gasteiger partial charge in [-0.25, -0.2) is 17.5 Å². The molecular weight excluding hydrogens is 229 g/mol. The zero-order chi connectivity index (χ0) is 12.2. The molecule has 1 N–H and O–H groups in total. The third-order valence-corrected chi connectivity index (χ3v) is 3.71. The van der Waals surface area contributed by atoms with Crippen molar-refractivity contribution in [3.63, 3.8) is 0 Å². The minimum Gasteiger partial charge on any atom is -0.212 e. The first-order valence-corrected chi connectivity index (χ1v) is 6.82. The number of benzene rings is 1. The van der Waals surface area contributed by atoms with Gasteiger partial charge in [-0.2, -0.15) is 0 Å². The second-order valence-corrected chi connectivity index (χ2v) is 5.57. The van der Waals surface area contributed by atoms with Crippen LogP contribution in [0, 0.1) is 5.82 Å². The molecule has 0 aromatic heterocycles. The van der Waals surface area contributed by atoms with E-state index in [4.69, 9.17) is 0 Å². The lowest BCUT2D eigenvalue weighted by Crippen LogP contribution is -2.32. The maximum atomic E-state index is 12.9. The summed E-state index contributed by atoms with van der Waals surface area (Å²) in [7, 11) is -3.38. The lowest BCUT2D eigenvalue weighted by atomic mass is 10.2. The molecule has 1 aromatic rings. The summed E-state index contributed by atoms with van der Waals surface area (Å²) in [6.07, 6.45) is 0.725. The second kappa shape index (κ2) is 5.41. The molecule has 0 amide bonds. The third-order valence-electron chi connectivity index (χ3n) is 2.24. The van der Waals surface area contributed by atoms with Crippen LogP contribution in [0.5, 0.6) is 0 Å². The van der Waals surface area contributed by atoms with E-state index >= 15 is 0 Å². The Hall–Kier alpha value is -0.940. The smallest absolute Gasteiger partial charge is 0.212 e. The summed E-state index contributed by atoms with van der Waals surface area (Å²) < 4.78 is 38.7. The number of sulfonamides is 1. The fourth-order valence-corrected chi connectivity index (χ4v) is 2.76. The van der Waals surface area contributed by atoms with Crippen molar-refractivity contribution in [2.45, 2.75) is 32.1 Å². The molecular formula is C11H16FNO2S. The van der Waals surface area contributed by atoms with Crippen molar-refractivity contribution in [3.8, 4) is 0 Å². The van der Waals surface area contributed by atoms with Gasteiger partial charge < -0.3 is 0 Å². The minimum atomic E-state index is -3.38. The first kappa shape index (κ1) is 13.1. The topological polar surface area (TPSA) is 46.2 Å². The van der Waals surface area contributed by atoms with Crippen molar-refractivity contribution in [1.82, 2.24) is 4.72 Å². The van der Waals surface area contributed by atoms with Crippen LogP contribution in [0.2, 0.25) is 0 Å². The van der Waals surface area contributed by atoms with Crippen LogP contribution in [-0.4, -0.2) is 14.5 Å². The van der Waals surface area contributed by atoms with E-state index in [1.165, 1.54) is 18.2 Å². The second-order valence-electron chi connectivity index (χ2n) is 3.82. The molecule has 0 bridgehead atoms. The Bertz CT molecular complexity index is 445. The van der Waals surface area contributed by atoms with Crippen molar-refractivity contribution >= 4 is 10.0 Å². The maximum Gasteiger partial charge on any atom is 0.216 e. The molecule has 0 spiro atoms. The van der Waals surface area contributed by atoms with Crippen molar-refractivity contribution < 1.29 is 12.8 Å². The quantitative estimate of drug-likeness (QED) is 0.863. The summed E-state index contributed by atoms with van der Waals surface area (Å²) in [5.74, 6) is -0.606. The Morgan fingerprint density at radius 1 is 1.44 bits per heavy atom. The Morgan fingerprint density at radius 2 is 2.12 bits per heavy atom. The predicted octanol–water partition coefficient (Wildman–Crippen LogP) is 2.04. The standard InChI is InChI=1S/C11H16FNO2S/c1-3-9(2)13-16(14,15)8-10-5-4-6-11(12)7-10/h4-7,9,13H,3,8H2,1-2H3. The van der Waals surface area contributed by atoms with Gasteiger partial charge in [0.1, 0.15) is 5.82 Å². The number of hydrogen-bond acceptors (Lipinski definition) is 2. The first-order valence-electron chi connectivity index (χ1n) is 5.17. The number of halogens is 1. The van der Waals surface area contributed by atoms with E-state index in [9.17, 15) is 12.8 Å². The molecule has 5 heteroatoms. The summed E-state index contributed by atoms with van der Waals surface area (Å²) >= 11 is 0. The molecule has 0 saturated heterocycles. The summed E-state index contributed by atoms with van der Waals surface area (Å²) in [4.78, 5) is 0. The highest BCUT2D eigenvalue weighted by atomic mass is 32.2. The van der Waals surface area contributed by atoms with Gasteiger partial charge in [0, 0.05) is 6.04 Å². The maximum absolute atomic E-state index is 12.9. The van der Waals surface area contributed by atoms with Gasteiger partial charge in [-0.1, -0.05) is 19.1 Å². The van der Waals surface area contributed by atoms with Crippen LogP contribution in [0.15, 0.2) is 24.3 Å². The Kier molecular flexibility index (Phi) is 4.44. The highest BCUT2D eigenvalue weighted by Gasteiger charge is 2.14. The Morgan fingerprint density at radius 3 is 2.69 bits per heavy atom. The number of rotatable bonds is 5. The average Bonchev–Trinajstić information content (AvgIpc) is 2.15. The molecule has 0 aliphatic heterocycles. The lowest BCUT2D eigenvalue weighted by molar-refractivity contribution is 0.555. The molecule has 1 unspecified atom stereocenters. The van der Waals surface area contributed by atoms with Crippen LogP contribution >= 0.6 is 0 Å². The molecule has 0 saturated carbocycles. The van der Waals surface area contributed by atoms with Crippen LogP contribution in [-0.2, 0) is 15.8 Å². The molecule has 16 heavy (non-hydrogen) atoms. The fourth-order valence-electron chi connectivity index (χ4n) is 1.28. The van der Waals surface area contributed by atoms with Crippen molar-refractivity contribution in [2.75, 3.05) is 0 Å². The largest absolute Gasteiger partial charge is 0.216 e. The molecule has 0 fully saturated rings. The molecule has 0 aliphatic carbocycles. The van der Waals surface area contributed by atoms with Crippen molar-refractivity contribution in [1.29, 1.82) is 0 Å². The summed E-state index contributed by atoms with van der Waals surface area (Å²) in [6, 6.07) is 5.52. The van der Waals surface area contributed by atoms with Crippen LogP contribution in [0.1, 0.15) is 25.8 Å². The average molecular weight is 245 g/mol. The molecule has 0 heterocycles. The SMILES string of the molecule is CCC(C)NS(=O)(=O)Cc1cccc(F)c1. The van der Waals surface area contributed by atoms with Gasteiger partial charge in [0.15, 0.2) is 0 Å². The minimum absolute atomic E-state index is 0.0986. The van der Waals surface area contributed by atoms with Gasteiger partial charge >= 0.3 is 0 Å². The van der Waals surface area contributed by atoms with E-state index in [1.807, 2.05) is 6.92 Å². The van der Waals surface area contributed by atoms with E-state index in [-0.39, 0.29) is 11.8 Å². The van der Waals surface area contributed by atoms with E-state index in [0.717, 1.165) is 6.42 Å². The van der Waals surface area contributed by atoms with Gasteiger partial charge in [-0.05, 0) is 31.0 Å². The lowest BCUT2D eigenvalue weighted by Gasteiger charge is -2.11. The van der Waals surface area contributed by atoms with Gasteiger partial charge in [-0.3, -0.25) is 0 Å². The zero-order valence-corrected chi connectivity index (χ0v) is 10.2. The monoisotopic (exact) mass is 245 g/mol. The molecule has 3 nitrogen and oxygen atoms in total. The number of hydrogen-bond donors (Lipinski definition) is 1. The highest BCUT2D eigenvalue weighted by molar-refractivity contribution is 7.88. The van der Waals surface area contributed by atoms with Gasteiger partial charge in [0.25, 0.3) is 0 Å². The van der Waals surface area contributed by atoms with Crippen molar-refractivity contribution in [2.24, 2.45) is 0 Å². The summed E-state index contributed by atoms with van der Waals surface area (Å²) in [6.45, 7) is 3.69. The zero-order valence-electron chi connectivity index (χ0n) is 9.40. The van der Waals surface area contributed by atoms with Crippen LogP contribution < -0.4 is 4.72 Å². The van der Waals surface area contributed by atoms with Gasteiger partial charge in [-0.15, -0.1) is 0 Å². The van der Waals surface area contributed by atoms with Gasteiger partial charge in [0.2, 0.25) is 10.0 Å². The summed E-state index contributed by atoms with van der Waals surface area (Å²) in [5.41, 5.74) is 0.454. The van der Waals surface area contributed by atoms with E-state index in [0.29, 0.717) is 5.56 Å². The highest BCUT2D eigenvalue weighted by Crippen LogP contribution is 2.08. The van der Waals surface area contributed by atoms with Crippen LogP contribution in [0.3, 0.4) is 0 Å².